The van der Waals surface area contributed by atoms with Crippen molar-refractivity contribution in [3.8, 4) is 11.1 Å². The summed E-state index contributed by atoms with van der Waals surface area (Å²) in [6.07, 6.45) is 0. The van der Waals surface area contributed by atoms with E-state index in [2.05, 4.69) is 34.2 Å². The molecule has 4 aromatic rings. The Labute approximate surface area is 230 Å². The van der Waals surface area contributed by atoms with Gasteiger partial charge in [0.1, 0.15) is 11.5 Å². The summed E-state index contributed by atoms with van der Waals surface area (Å²) in [5.41, 5.74) is 7.03. The molecule has 2 aromatic carbocycles. The van der Waals surface area contributed by atoms with E-state index in [9.17, 15) is 9.59 Å². The number of carbonyl (C=O) groups excluding carboxylic acids is 2. The van der Waals surface area contributed by atoms with Crippen molar-refractivity contribution in [2.24, 2.45) is 0 Å². The first-order valence-electron chi connectivity index (χ1n) is 13.5. The summed E-state index contributed by atoms with van der Waals surface area (Å²) in [6, 6.07) is 23.7. The number of rotatable bonds is 7. The van der Waals surface area contributed by atoms with Gasteiger partial charge in [-0.25, -0.2) is 4.98 Å². The maximum atomic E-state index is 13.4. The van der Waals surface area contributed by atoms with E-state index < -0.39 is 11.7 Å². The third-order valence-electron chi connectivity index (χ3n) is 7.30. The molecule has 39 heavy (non-hydrogen) atoms. The van der Waals surface area contributed by atoms with Gasteiger partial charge in [0, 0.05) is 61.0 Å². The zero-order chi connectivity index (χ0) is 27.5. The molecule has 0 radical (unpaired) electrons. The van der Waals surface area contributed by atoms with Crippen molar-refractivity contribution < 1.29 is 9.59 Å². The lowest BCUT2D eigenvalue weighted by Crippen LogP contribution is -2.46. The number of benzene rings is 2. The van der Waals surface area contributed by atoms with E-state index in [1.165, 1.54) is 5.56 Å². The van der Waals surface area contributed by atoms with Gasteiger partial charge < -0.3 is 19.7 Å². The van der Waals surface area contributed by atoms with Gasteiger partial charge in [-0.3, -0.25) is 9.59 Å². The van der Waals surface area contributed by atoms with Crippen LogP contribution >= 0.6 is 0 Å². The number of nitrogens with zero attached hydrogens (tertiary/aromatic N) is 4. The van der Waals surface area contributed by atoms with Crippen molar-refractivity contribution in [1.82, 2.24) is 9.55 Å². The van der Waals surface area contributed by atoms with E-state index in [0.29, 0.717) is 17.9 Å². The van der Waals surface area contributed by atoms with Crippen LogP contribution in [0.3, 0.4) is 0 Å². The summed E-state index contributed by atoms with van der Waals surface area (Å²) < 4.78 is 1.90. The van der Waals surface area contributed by atoms with Gasteiger partial charge in [0.25, 0.3) is 11.7 Å². The molecule has 0 atom stereocenters. The Morgan fingerprint density at radius 3 is 2.15 bits per heavy atom. The van der Waals surface area contributed by atoms with Crippen LogP contribution in [0.1, 0.15) is 34.4 Å². The van der Waals surface area contributed by atoms with Gasteiger partial charge in [0.05, 0.1) is 0 Å². The van der Waals surface area contributed by atoms with Crippen LogP contribution in [0.4, 0.5) is 17.2 Å². The second-order valence-electron chi connectivity index (χ2n) is 10.1. The zero-order valence-electron chi connectivity index (χ0n) is 23.1. The molecule has 1 N–H and O–H groups in total. The maximum Gasteiger partial charge on any atom is 0.298 e. The second kappa shape index (κ2) is 11.2. The largest absolute Gasteiger partial charge is 0.368 e. The Kier molecular flexibility index (Phi) is 7.50. The molecule has 1 amide bonds. The Balaban J connectivity index is 1.25. The minimum atomic E-state index is -0.637. The van der Waals surface area contributed by atoms with Crippen LogP contribution in [0.5, 0.6) is 0 Å². The molecule has 1 aliphatic rings. The number of carbonyl (C=O) groups is 2. The van der Waals surface area contributed by atoms with E-state index in [1.54, 1.807) is 0 Å². The summed E-state index contributed by atoms with van der Waals surface area (Å²) >= 11 is 0. The van der Waals surface area contributed by atoms with Crippen molar-refractivity contribution in [2.45, 2.75) is 34.2 Å². The highest BCUT2D eigenvalue weighted by Gasteiger charge is 2.26. The summed E-state index contributed by atoms with van der Waals surface area (Å²) in [5.74, 6) is -0.138. The zero-order valence-corrected chi connectivity index (χ0v) is 23.1. The van der Waals surface area contributed by atoms with Crippen LogP contribution < -0.4 is 15.1 Å². The second-order valence-corrected chi connectivity index (χ2v) is 10.1. The molecule has 0 bridgehead atoms. The number of Topliss-reactive ketones (excluding diaryl/α,β-unsaturated/α-hetero) is 1. The van der Waals surface area contributed by atoms with E-state index in [0.717, 1.165) is 60.2 Å². The number of aryl methyl sites for hydroxylation is 3. The van der Waals surface area contributed by atoms with Gasteiger partial charge in [-0.05, 0) is 81.3 Å². The molecule has 7 nitrogen and oxygen atoms in total. The van der Waals surface area contributed by atoms with Crippen LogP contribution in [-0.2, 0) is 11.3 Å². The number of pyridine rings is 1. The number of hydrogen-bond donors (Lipinski definition) is 1. The minimum absolute atomic E-state index is 0.423. The van der Waals surface area contributed by atoms with E-state index in [4.69, 9.17) is 4.98 Å². The molecule has 0 spiro atoms. The highest BCUT2D eigenvalue weighted by molar-refractivity contribution is 6.47. The molecule has 200 valence electrons. The first-order chi connectivity index (χ1) is 18.8. The topological polar surface area (TPSA) is 70.5 Å². The smallest absolute Gasteiger partial charge is 0.298 e. The number of hydrogen-bond acceptors (Lipinski definition) is 5. The molecule has 5 rings (SSSR count). The normalized spacial score (nSPS) is 13.4. The number of nitrogens with one attached hydrogen (secondary N) is 1. The average molecular weight is 522 g/mol. The molecular formula is C32H35N5O2. The lowest BCUT2D eigenvalue weighted by atomic mass is 10.0. The Morgan fingerprint density at radius 1 is 0.846 bits per heavy atom. The third-order valence-corrected chi connectivity index (χ3v) is 7.30. The van der Waals surface area contributed by atoms with Crippen molar-refractivity contribution in [2.75, 3.05) is 41.3 Å². The third kappa shape index (κ3) is 5.58. The number of amides is 1. The van der Waals surface area contributed by atoms with Crippen LogP contribution in [-0.4, -0.2) is 47.4 Å². The fourth-order valence-electron chi connectivity index (χ4n) is 5.39. The first kappa shape index (κ1) is 26.2. The lowest BCUT2D eigenvalue weighted by Gasteiger charge is -2.37. The van der Waals surface area contributed by atoms with Gasteiger partial charge in [0.2, 0.25) is 0 Å². The van der Waals surface area contributed by atoms with Gasteiger partial charge in [-0.1, -0.05) is 30.3 Å². The first-order valence-corrected chi connectivity index (χ1v) is 13.5. The van der Waals surface area contributed by atoms with Crippen LogP contribution in [0.15, 0.2) is 72.8 Å². The molecule has 1 fully saturated rings. The van der Waals surface area contributed by atoms with Crippen LogP contribution in [0.2, 0.25) is 0 Å². The molecule has 3 heterocycles. The van der Waals surface area contributed by atoms with Crippen molar-refractivity contribution in [3.63, 3.8) is 0 Å². The Bertz CT molecular complexity index is 1460. The fraction of sp³-hybridized carbons (Fsp3) is 0.281. The monoisotopic (exact) mass is 521 g/mol. The molecule has 2 aromatic heterocycles. The van der Waals surface area contributed by atoms with E-state index >= 15 is 0 Å². The summed E-state index contributed by atoms with van der Waals surface area (Å²) in [4.78, 5) is 35.8. The van der Waals surface area contributed by atoms with Crippen molar-refractivity contribution in [1.29, 1.82) is 0 Å². The van der Waals surface area contributed by atoms with E-state index in [1.807, 2.05) is 86.0 Å². The fourth-order valence-corrected chi connectivity index (χ4v) is 5.39. The SMILES string of the molecule is CCn1c(C)cc(-c2ccccc2)c1C(=O)C(=O)Nc1ccc(N2CCN(c3cc(C)cc(C)n3)CC2)cc1. The molecule has 0 unspecified atom stereocenters. The van der Waals surface area contributed by atoms with Gasteiger partial charge in [-0.15, -0.1) is 0 Å². The summed E-state index contributed by atoms with van der Waals surface area (Å²) in [6.45, 7) is 12.2. The van der Waals surface area contributed by atoms with Gasteiger partial charge in [0.15, 0.2) is 0 Å². The summed E-state index contributed by atoms with van der Waals surface area (Å²) in [7, 11) is 0. The maximum absolute atomic E-state index is 13.4. The van der Waals surface area contributed by atoms with E-state index in [-0.39, 0.29) is 0 Å². The molecule has 0 aliphatic carbocycles. The molecule has 1 saturated heterocycles. The van der Waals surface area contributed by atoms with Gasteiger partial charge >= 0.3 is 0 Å². The highest BCUT2D eigenvalue weighted by atomic mass is 16.2. The minimum Gasteiger partial charge on any atom is -0.368 e. The number of aromatic nitrogens is 2. The highest BCUT2D eigenvalue weighted by Crippen LogP contribution is 2.29. The number of anilines is 3. The molecular weight excluding hydrogens is 486 g/mol. The van der Waals surface area contributed by atoms with Crippen LogP contribution in [0.25, 0.3) is 11.1 Å². The number of piperazine rings is 1. The van der Waals surface area contributed by atoms with Gasteiger partial charge in [-0.2, -0.15) is 0 Å². The van der Waals surface area contributed by atoms with Crippen molar-refractivity contribution in [3.05, 3.63) is 95.4 Å². The number of ketones is 1. The molecule has 1 aliphatic heterocycles. The van der Waals surface area contributed by atoms with Crippen LogP contribution in [0, 0.1) is 20.8 Å². The Hall–Kier alpha value is -4.39. The van der Waals surface area contributed by atoms with Crippen molar-refractivity contribution >= 4 is 28.9 Å². The predicted octanol–water partition coefficient (Wildman–Crippen LogP) is 5.64. The lowest BCUT2D eigenvalue weighted by molar-refractivity contribution is -0.112. The standard InChI is InChI=1S/C32H35N5O2/c1-5-37-24(4)21-28(25-9-7-6-8-10-25)30(37)31(38)32(39)34-26-11-13-27(14-12-26)35-15-17-36(18-16-35)29-20-22(2)19-23(3)33-29/h6-14,19-21H,5,15-18H2,1-4H3,(H,34,39). The molecule has 7 heteroatoms. The predicted molar refractivity (Wildman–Crippen MR) is 158 cm³/mol. The summed E-state index contributed by atoms with van der Waals surface area (Å²) in [5, 5.41) is 2.81. The quantitative estimate of drug-likeness (QED) is 0.252. The molecule has 0 saturated carbocycles. The average Bonchev–Trinajstić information content (AvgIpc) is 3.29. The Morgan fingerprint density at radius 2 is 1.51 bits per heavy atom.